The zero-order valence-corrected chi connectivity index (χ0v) is 9.52. The highest BCUT2D eigenvalue weighted by molar-refractivity contribution is 9.11. The lowest BCUT2D eigenvalue weighted by Crippen LogP contribution is -2.33. The number of nitrogens with zero attached hydrogens (tertiary/aromatic N) is 1. The van der Waals surface area contributed by atoms with E-state index >= 15 is 0 Å². The Morgan fingerprint density at radius 3 is 2.17 bits per heavy atom. The van der Waals surface area contributed by atoms with Crippen molar-refractivity contribution < 1.29 is 8.42 Å². The summed E-state index contributed by atoms with van der Waals surface area (Å²) >= 11 is 3.10. The molecule has 1 saturated carbocycles. The van der Waals surface area contributed by atoms with Gasteiger partial charge in [-0.2, -0.15) is 0 Å². The van der Waals surface area contributed by atoms with Gasteiger partial charge in [-0.3, -0.25) is 0 Å². The van der Waals surface area contributed by atoms with E-state index in [1.54, 1.807) is 25.2 Å². The van der Waals surface area contributed by atoms with Crippen LogP contribution in [0.2, 0.25) is 0 Å². The SMILES string of the molecule is CN(C)S(=O)(=O)C1(/C=C/Br)CC1. The first-order valence-electron chi connectivity index (χ1n) is 3.66. The van der Waals surface area contributed by atoms with Crippen molar-refractivity contribution in [1.29, 1.82) is 0 Å². The number of sulfonamides is 1. The molecule has 0 unspecified atom stereocenters. The molecule has 1 fully saturated rings. The van der Waals surface area contributed by atoms with Crippen LogP contribution in [-0.4, -0.2) is 31.6 Å². The quantitative estimate of drug-likeness (QED) is 0.761. The molecule has 0 aromatic heterocycles. The third kappa shape index (κ3) is 1.45. The van der Waals surface area contributed by atoms with Gasteiger partial charge in [0.15, 0.2) is 0 Å². The minimum absolute atomic E-state index is 0.611. The summed E-state index contributed by atoms with van der Waals surface area (Å²) in [6, 6.07) is 0. The van der Waals surface area contributed by atoms with Crippen molar-refractivity contribution in [2.24, 2.45) is 0 Å². The van der Waals surface area contributed by atoms with E-state index in [-0.39, 0.29) is 0 Å². The van der Waals surface area contributed by atoms with Gasteiger partial charge in [-0.1, -0.05) is 22.0 Å². The molecule has 70 valence electrons. The Morgan fingerprint density at radius 1 is 1.42 bits per heavy atom. The Balaban J connectivity index is 2.97. The molecule has 0 aromatic rings. The normalized spacial score (nSPS) is 22.0. The average Bonchev–Trinajstić information content (AvgIpc) is 2.70. The van der Waals surface area contributed by atoms with Crippen LogP contribution in [0.4, 0.5) is 0 Å². The molecule has 5 heteroatoms. The molecule has 0 N–H and O–H groups in total. The Morgan fingerprint density at radius 2 is 1.92 bits per heavy atom. The molecule has 1 aliphatic rings. The van der Waals surface area contributed by atoms with E-state index in [9.17, 15) is 8.42 Å². The summed E-state index contributed by atoms with van der Waals surface area (Å²) in [5.74, 6) is 0. The molecule has 0 radical (unpaired) electrons. The second kappa shape index (κ2) is 3.12. The van der Waals surface area contributed by atoms with E-state index in [1.807, 2.05) is 0 Å². The summed E-state index contributed by atoms with van der Waals surface area (Å²) in [7, 11) is 0.0229. The highest BCUT2D eigenvalue weighted by atomic mass is 79.9. The van der Waals surface area contributed by atoms with Crippen molar-refractivity contribution in [2.75, 3.05) is 14.1 Å². The molecule has 1 aliphatic carbocycles. The fourth-order valence-electron chi connectivity index (χ4n) is 1.11. The predicted molar refractivity (Wildman–Crippen MR) is 52.6 cm³/mol. The van der Waals surface area contributed by atoms with Crippen molar-refractivity contribution in [2.45, 2.75) is 17.6 Å². The zero-order valence-electron chi connectivity index (χ0n) is 7.12. The minimum atomic E-state index is -3.11. The predicted octanol–water partition coefficient (Wildman–Crippen LogP) is 1.32. The van der Waals surface area contributed by atoms with Crippen molar-refractivity contribution in [3.05, 3.63) is 11.1 Å². The van der Waals surface area contributed by atoms with Gasteiger partial charge in [0, 0.05) is 14.1 Å². The zero-order chi connectivity index (χ0) is 9.41. The van der Waals surface area contributed by atoms with Gasteiger partial charge in [-0.25, -0.2) is 12.7 Å². The maximum atomic E-state index is 11.7. The number of rotatable bonds is 3. The smallest absolute Gasteiger partial charge is 0.211 e. The summed E-state index contributed by atoms with van der Waals surface area (Å²) in [6.07, 6.45) is 3.17. The van der Waals surface area contributed by atoms with Crippen LogP contribution in [0.1, 0.15) is 12.8 Å². The highest BCUT2D eigenvalue weighted by Crippen LogP contribution is 2.46. The monoisotopic (exact) mass is 253 g/mol. The molecule has 0 atom stereocenters. The molecule has 0 aliphatic heterocycles. The first-order valence-corrected chi connectivity index (χ1v) is 6.02. The fourth-order valence-corrected chi connectivity index (χ4v) is 3.38. The number of halogens is 1. The lowest BCUT2D eigenvalue weighted by atomic mass is 10.4. The maximum absolute atomic E-state index is 11.7. The first kappa shape index (κ1) is 10.2. The standard InChI is InChI=1S/C7H12BrNO2S/c1-9(2)12(10,11)7(3-4-7)5-6-8/h5-6H,3-4H2,1-2H3/b6-5+. The van der Waals surface area contributed by atoms with Crippen molar-refractivity contribution >= 4 is 26.0 Å². The van der Waals surface area contributed by atoms with Crippen molar-refractivity contribution in [1.82, 2.24) is 4.31 Å². The molecule has 0 saturated heterocycles. The summed E-state index contributed by atoms with van der Waals surface area (Å²) in [5.41, 5.74) is 0. The Kier molecular flexibility index (Phi) is 2.66. The van der Waals surface area contributed by atoms with Gasteiger partial charge < -0.3 is 0 Å². The molecule has 0 aromatic carbocycles. The van der Waals surface area contributed by atoms with Gasteiger partial charge in [0.05, 0.1) is 0 Å². The first-order chi connectivity index (χ1) is 5.46. The Labute approximate surface area is 81.6 Å². The lowest BCUT2D eigenvalue weighted by molar-refractivity contribution is 0.511. The molecule has 0 spiro atoms. The van der Waals surface area contributed by atoms with Crippen LogP contribution in [0.5, 0.6) is 0 Å². The van der Waals surface area contributed by atoms with Crippen LogP contribution in [0.15, 0.2) is 11.1 Å². The van der Waals surface area contributed by atoms with Crippen LogP contribution in [0, 0.1) is 0 Å². The molecule has 3 nitrogen and oxygen atoms in total. The Hall–Kier alpha value is 0.130. The summed E-state index contributed by atoms with van der Waals surface area (Å²) in [6.45, 7) is 0. The minimum Gasteiger partial charge on any atom is -0.211 e. The van der Waals surface area contributed by atoms with Crippen LogP contribution in [0.25, 0.3) is 0 Å². The fraction of sp³-hybridized carbons (Fsp3) is 0.714. The van der Waals surface area contributed by atoms with E-state index in [0.29, 0.717) is 0 Å². The van der Waals surface area contributed by atoms with E-state index in [4.69, 9.17) is 0 Å². The Bertz CT molecular complexity index is 291. The highest BCUT2D eigenvalue weighted by Gasteiger charge is 2.53. The summed E-state index contributed by atoms with van der Waals surface area (Å²) in [4.78, 5) is 1.63. The summed E-state index contributed by atoms with van der Waals surface area (Å²) in [5, 5.41) is 0. The van der Waals surface area contributed by atoms with Gasteiger partial charge in [0.1, 0.15) is 4.75 Å². The van der Waals surface area contributed by atoms with Crippen molar-refractivity contribution in [3.8, 4) is 0 Å². The third-order valence-electron chi connectivity index (χ3n) is 2.10. The topological polar surface area (TPSA) is 37.4 Å². The van der Waals surface area contributed by atoms with Gasteiger partial charge in [0.25, 0.3) is 0 Å². The van der Waals surface area contributed by atoms with Gasteiger partial charge >= 0.3 is 0 Å². The second-order valence-corrected chi connectivity index (χ2v) is 6.17. The lowest BCUT2D eigenvalue weighted by Gasteiger charge is -2.17. The molecule has 12 heavy (non-hydrogen) atoms. The van der Waals surface area contributed by atoms with Crippen LogP contribution < -0.4 is 0 Å². The summed E-state index contributed by atoms with van der Waals surface area (Å²) < 4.78 is 24.0. The van der Waals surface area contributed by atoms with Crippen LogP contribution >= 0.6 is 15.9 Å². The van der Waals surface area contributed by atoms with Crippen LogP contribution in [0.3, 0.4) is 0 Å². The average molecular weight is 254 g/mol. The van der Waals surface area contributed by atoms with E-state index in [0.717, 1.165) is 12.8 Å². The van der Waals surface area contributed by atoms with Gasteiger partial charge in [0.2, 0.25) is 10.0 Å². The van der Waals surface area contributed by atoms with E-state index in [2.05, 4.69) is 15.9 Å². The van der Waals surface area contributed by atoms with E-state index in [1.165, 1.54) is 4.31 Å². The van der Waals surface area contributed by atoms with Gasteiger partial charge in [-0.15, -0.1) is 0 Å². The van der Waals surface area contributed by atoms with Crippen LogP contribution in [-0.2, 0) is 10.0 Å². The molecular formula is C7H12BrNO2S. The number of hydrogen-bond donors (Lipinski definition) is 0. The van der Waals surface area contributed by atoms with Crippen molar-refractivity contribution in [3.63, 3.8) is 0 Å². The second-order valence-electron chi connectivity index (χ2n) is 3.14. The van der Waals surface area contributed by atoms with E-state index < -0.39 is 14.8 Å². The molecular weight excluding hydrogens is 242 g/mol. The number of hydrogen-bond acceptors (Lipinski definition) is 2. The maximum Gasteiger partial charge on any atom is 0.222 e. The molecule has 0 amide bonds. The van der Waals surface area contributed by atoms with Gasteiger partial charge in [-0.05, 0) is 17.8 Å². The third-order valence-corrected chi connectivity index (χ3v) is 4.90. The molecule has 0 bridgehead atoms. The largest absolute Gasteiger partial charge is 0.222 e. The molecule has 0 heterocycles. The molecule has 1 rings (SSSR count).